The van der Waals surface area contributed by atoms with Gasteiger partial charge in [-0.25, -0.2) is 13.7 Å². The van der Waals surface area contributed by atoms with Crippen LogP contribution in [0.4, 0.5) is 14.5 Å². The number of para-hydroxylation sites is 2. The maximum atomic E-state index is 14.2. The van der Waals surface area contributed by atoms with Crippen LogP contribution < -0.4 is 10.2 Å². The average Bonchev–Trinajstić information content (AvgIpc) is 3.15. The first kappa shape index (κ1) is 18.7. The molecule has 5 nitrogen and oxygen atoms in total. The van der Waals surface area contributed by atoms with E-state index in [1.807, 2.05) is 0 Å². The van der Waals surface area contributed by atoms with Crippen molar-refractivity contribution < 1.29 is 18.4 Å². The van der Waals surface area contributed by atoms with Crippen molar-refractivity contribution in [3.8, 4) is 5.69 Å². The highest BCUT2D eigenvalue weighted by Gasteiger charge is 2.35. The van der Waals surface area contributed by atoms with E-state index < -0.39 is 23.4 Å². The molecule has 4 rings (SSSR count). The van der Waals surface area contributed by atoms with Crippen LogP contribution in [0.1, 0.15) is 5.69 Å². The van der Waals surface area contributed by atoms with Gasteiger partial charge in [0, 0.05) is 11.9 Å². The standard InChI is InChI=1S/C21H13F2N3O2S/c22-15-7-1-3-9-17(15)25-11-5-6-13(25)12-14-19(27)24-21(29)26(20(14)28)18-10-4-2-8-16(18)23/h1-12H,(H,24,27,29)/b14-12+. The first-order valence-electron chi connectivity index (χ1n) is 8.55. The number of halogens is 2. The summed E-state index contributed by atoms with van der Waals surface area (Å²) < 4.78 is 29.9. The van der Waals surface area contributed by atoms with Crippen LogP contribution in [0.2, 0.25) is 0 Å². The van der Waals surface area contributed by atoms with Crippen molar-refractivity contribution in [1.29, 1.82) is 0 Å². The Morgan fingerprint density at radius 1 is 0.862 bits per heavy atom. The minimum atomic E-state index is -0.773. The minimum Gasteiger partial charge on any atom is -0.314 e. The first-order valence-corrected chi connectivity index (χ1v) is 8.96. The average molecular weight is 409 g/mol. The molecule has 1 N–H and O–H groups in total. The molecule has 0 bridgehead atoms. The summed E-state index contributed by atoms with van der Waals surface area (Å²) in [5.74, 6) is -2.61. The van der Waals surface area contributed by atoms with Gasteiger partial charge in [0.25, 0.3) is 11.8 Å². The normalized spacial score (nSPS) is 15.7. The van der Waals surface area contributed by atoms with Crippen molar-refractivity contribution in [3.05, 3.63) is 89.8 Å². The lowest BCUT2D eigenvalue weighted by Gasteiger charge is -2.29. The van der Waals surface area contributed by atoms with Gasteiger partial charge < -0.3 is 4.57 Å². The quantitative estimate of drug-likeness (QED) is 0.409. The molecule has 8 heteroatoms. The van der Waals surface area contributed by atoms with Crippen molar-refractivity contribution >= 4 is 40.9 Å². The van der Waals surface area contributed by atoms with E-state index in [1.165, 1.54) is 34.9 Å². The van der Waals surface area contributed by atoms with Crippen LogP contribution in [-0.2, 0) is 9.59 Å². The highest BCUT2D eigenvalue weighted by Crippen LogP contribution is 2.25. The molecule has 1 aliphatic heterocycles. The highest BCUT2D eigenvalue weighted by molar-refractivity contribution is 7.80. The van der Waals surface area contributed by atoms with Crippen molar-refractivity contribution in [2.75, 3.05) is 4.90 Å². The van der Waals surface area contributed by atoms with Crippen molar-refractivity contribution in [2.24, 2.45) is 0 Å². The number of carbonyl (C=O) groups is 2. The number of nitrogens with zero attached hydrogens (tertiary/aromatic N) is 2. The lowest BCUT2D eigenvalue weighted by molar-refractivity contribution is -0.122. The Morgan fingerprint density at radius 3 is 2.14 bits per heavy atom. The van der Waals surface area contributed by atoms with Crippen LogP contribution in [0.5, 0.6) is 0 Å². The Kier molecular flexibility index (Phi) is 4.77. The van der Waals surface area contributed by atoms with Gasteiger partial charge in [0.15, 0.2) is 5.11 Å². The molecule has 1 saturated heterocycles. The predicted octanol–water partition coefficient (Wildman–Crippen LogP) is 3.59. The number of carbonyl (C=O) groups excluding carboxylic acids is 2. The summed E-state index contributed by atoms with van der Waals surface area (Å²) in [4.78, 5) is 26.4. The molecule has 1 aromatic heterocycles. The van der Waals surface area contributed by atoms with E-state index in [-0.39, 0.29) is 22.1 Å². The van der Waals surface area contributed by atoms with Gasteiger partial charge in [0.05, 0.1) is 11.4 Å². The number of benzene rings is 2. The topological polar surface area (TPSA) is 54.3 Å². The molecule has 2 aromatic carbocycles. The maximum absolute atomic E-state index is 14.2. The first-order chi connectivity index (χ1) is 14.0. The number of hydrogen-bond donors (Lipinski definition) is 1. The van der Waals surface area contributed by atoms with Gasteiger partial charge in [-0.2, -0.15) is 0 Å². The Hall–Kier alpha value is -3.65. The number of amides is 2. The van der Waals surface area contributed by atoms with Gasteiger partial charge in [-0.05, 0) is 54.7 Å². The molecular weight excluding hydrogens is 396 g/mol. The van der Waals surface area contributed by atoms with Gasteiger partial charge in [0.1, 0.15) is 17.2 Å². The largest absolute Gasteiger partial charge is 0.314 e. The molecule has 2 amide bonds. The van der Waals surface area contributed by atoms with Crippen LogP contribution in [0.3, 0.4) is 0 Å². The molecule has 2 heterocycles. The molecule has 0 atom stereocenters. The van der Waals surface area contributed by atoms with Crippen molar-refractivity contribution in [2.45, 2.75) is 0 Å². The fourth-order valence-corrected chi connectivity index (χ4v) is 3.31. The molecule has 29 heavy (non-hydrogen) atoms. The molecule has 0 aliphatic carbocycles. The van der Waals surface area contributed by atoms with E-state index in [4.69, 9.17) is 12.2 Å². The van der Waals surface area contributed by atoms with Crippen LogP contribution in [0.25, 0.3) is 11.8 Å². The lowest BCUT2D eigenvalue weighted by atomic mass is 10.1. The zero-order valence-corrected chi connectivity index (χ0v) is 15.6. The van der Waals surface area contributed by atoms with Crippen LogP contribution in [-0.4, -0.2) is 21.5 Å². The lowest BCUT2D eigenvalue weighted by Crippen LogP contribution is -2.54. The third kappa shape index (κ3) is 3.34. The Labute approximate surface area is 169 Å². The molecule has 3 aromatic rings. The number of thiocarbonyl (C=S) groups is 1. The molecule has 0 spiro atoms. The molecule has 0 unspecified atom stereocenters. The monoisotopic (exact) mass is 409 g/mol. The third-order valence-electron chi connectivity index (χ3n) is 4.38. The zero-order valence-electron chi connectivity index (χ0n) is 14.8. The number of anilines is 1. The van der Waals surface area contributed by atoms with Gasteiger partial charge in [-0.1, -0.05) is 24.3 Å². The van der Waals surface area contributed by atoms with Gasteiger partial charge in [-0.3, -0.25) is 14.9 Å². The van der Waals surface area contributed by atoms with E-state index in [1.54, 1.807) is 42.6 Å². The van der Waals surface area contributed by atoms with Gasteiger partial charge in [0.2, 0.25) is 0 Å². The summed E-state index contributed by atoms with van der Waals surface area (Å²) in [6.45, 7) is 0. The van der Waals surface area contributed by atoms with Crippen molar-refractivity contribution in [1.82, 2.24) is 9.88 Å². The zero-order chi connectivity index (χ0) is 20.5. The number of aromatic nitrogens is 1. The molecule has 0 saturated carbocycles. The number of hydrogen-bond acceptors (Lipinski definition) is 3. The smallest absolute Gasteiger partial charge is 0.270 e. The second kappa shape index (κ2) is 7.40. The number of nitrogens with one attached hydrogen (secondary N) is 1. The summed E-state index contributed by atoms with van der Waals surface area (Å²) in [5, 5.41) is 2.18. The van der Waals surface area contributed by atoms with Gasteiger partial charge in [-0.15, -0.1) is 0 Å². The van der Waals surface area contributed by atoms with E-state index in [9.17, 15) is 18.4 Å². The summed E-state index contributed by atoms with van der Waals surface area (Å²) in [6, 6.07) is 15.0. The van der Waals surface area contributed by atoms with E-state index >= 15 is 0 Å². The van der Waals surface area contributed by atoms with E-state index in [0.717, 1.165) is 4.90 Å². The van der Waals surface area contributed by atoms with Gasteiger partial charge >= 0.3 is 0 Å². The fraction of sp³-hybridized carbons (Fsp3) is 0. The van der Waals surface area contributed by atoms with E-state index in [0.29, 0.717) is 5.69 Å². The van der Waals surface area contributed by atoms with E-state index in [2.05, 4.69) is 5.32 Å². The Morgan fingerprint density at radius 2 is 1.48 bits per heavy atom. The number of rotatable bonds is 3. The SMILES string of the molecule is O=C1NC(=S)N(c2ccccc2F)C(=O)/C1=C/c1cccn1-c1ccccc1F. The maximum Gasteiger partial charge on any atom is 0.270 e. The Bertz CT molecular complexity index is 1190. The highest BCUT2D eigenvalue weighted by atomic mass is 32.1. The Balaban J connectivity index is 1.79. The summed E-state index contributed by atoms with van der Waals surface area (Å²) in [7, 11) is 0. The molecule has 0 radical (unpaired) electrons. The molecule has 1 fully saturated rings. The summed E-state index contributed by atoms with van der Waals surface area (Å²) in [6.07, 6.45) is 2.93. The molecule has 1 aliphatic rings. The van der Waals surface area contributed by atoms with Crippen LogP contribution in [0.15, 0.2) is 72.4 Å². The third-order valence-corrected chi connectivity index (χ3v) is 4.66. The second-order valence-corrected chi connectivity index (χ2v) is 6.55. The predicted molar refractivity (Wildman–Crippen MR) is 108 cm³/mol. The van der Waals surface area contributed by atoms with Crippen LogP contribution in [0, 0.1) is 11.6 Å². The fourth-order valence-electron chi connectivity index (χ4n) is 3.04. The summed E-state index contributed by atoms with van der Waals surface area (Å²) >= 11 is 5.07. The molecule has 144 valence electrons. The van der Waals surface area contributed by atoms with Crippen LogP contribution >= 0.6 is 12.2 Å². The summed E-state index contributed by atoms with van der Waals surface area (Å²) in [5.41, 5.74) is 0.334. The van der Waals surface area contributed by atoms with Crippen molar-refractivity contribution in [3.63, 3.8) is 0 Å². The molecular formula is C21H13F2N3O2S. The minimum absolute atomic E-state index is 0.0714. The second-order valence-electron chi connectivity index (χ2n) is 6.16.